The molecule has 0 bridgehead atoms. The van der Waals surface area contributed by atoms with Gasteiger partial charge in [-0.3, -0.25) is 14.3 Å². The minimum Gasteiger partial charge on any atom is -0.496 e. The molecule has 0 aliphatic carbocycles. The van der Waals surface area contributed by atoms with Crippen LogP contribution in [0.4, 0.5) is 5.69 Å². The molecule has 2 aromatic heterocycles. The van der Waals surface area contributed by atoms with Gasteiger partial charge in [0.05, 0.1) is 25.7 Å². The van der Waals surface area contributed by atoms with Crippen LogP contribution in [0, 0.1) is 13.8 Å². The quantitative estimate of drug-likeness (QED) is 0.868. The van der Waals surface area contributed by atoms with Crippen LogP contribution in [0.15, 0.2) is 17.3 Å². The maximum atomic E-state index is 12.0. The van der Waals surface area contributed by atoms with Crippen LogP contribution in [0.1, 0.15) is 16.8 Å². The molecule has 6 nitrogen and oxygen atoms in total. The van der Waals surface area contributed by atoms with Crippen LogP contribution in [0.25, 0.3) is 0 Å². The lowest BCUT2D eigenvalue weighted by molar-refractivity contribution is 0.406. The first-order valence-corrected chi connectivity index (χ1v) is 6.33. The number of aryl methyl sites for hydroxylation is 1. The molecule has 0 aliphatic heterocycles. The molecule has 0 unspecified atom stereocenters. The molecule has 0 radical (unpaired) electrons. The monoisotopic (exact) mass is 294 g/mol. The maximum Gasteiger partial charge on any atom is 0.278 e. The second-order valence-corrected chi connectivity index (χ2v) is 4.79. The van der Waals surface area contributed by atoms with E-state index >= 15 is 0 Å². The highest BCUT2D eigenvalue weighted by atomic mass is 35.5. The number of pyridine rings is 1. The summed E-state index contributed by atoms with van der Waals surface area (Å²) in [7, 11) is 1.60. The van der Waals surface area contributed by atoms with Crippen molar-refractivity contribution in [2.75, 3.05) is 12.8 Å². The van der Waals surface area contributed by atoms with Gasteiger partial charge in [0.25, 0.3) is 5.56 Å². The van der Waals surface area contributed by atoms with E-state index in [1.54, 1.807) is 13.3 Å². The van der Waals surface area contributed by atoms with Gasteiger partial charge in [0, 0.05) is 17.3 Å². The Labute approximate surface area is 121 Å². The first kappa shape index (κ1) is 14.3. The third-order valence-corrected chi connectivity index (χ3v) is 3.40. The fraction of sp³-hybridized carbons (Fsp3) is 0.308. The number of nitrogens with two attached hydrogens (primary N) is 1. The number of rotatable bonds is 3. The summed E-state index contributed by atoms with van der Waals surface area (Å²) in [6, 6.07) is 0. The number of hydrogen-bond acceptors (Lipinski definition) is 5. The summed E-state index contributed by atoms with van der Waals surface area (Å²) in [4.78, 5) is 20.2. The van der Waals surface area contributed by atoms with Gasteiger partial charge in [0.1, 0.15) is 11.4 Å². The smallest absolute Gasteiger partial charge is 0.278 e. The molecule has 0 aromatic carbocycles. The van der Waals surface area contributed by atoms with E-state index in [1.165, 1.54) is 10.9 Å². The zero-order valence-corrected chi connectivity index (χ0v) is 12.2. The van der Waals surface area contributed by atoms with Gasteiger partial charge in [0.15, 0.2) is 5.15 Å². The van der Waals surface area contributed by atoms with Crippen molar-refractivity contribution >= 4 is 17.3 Å². The lowest BCUT2D eigenvalue weighted by Crippen LogP contribution is -2.25. The van der Waals surface area contributed by atoms with Crippen molar-refractivity contribution in [3.05, 3.63) is 44.9 Å². The molecule has 0 atom stereocenters. The zero-order chi connectivity index (χ0) is 14.9. The van der Waals surface area contributed by atoms with E-state index in [9.17, 15) is 4.79 Å². The van der Waals surface area contributed by atoms with Crippen molar-refractivity contribution in [3.8, 4) is 5.75 Å². The Hall–Kier alpha value is -2.08. The van der Waals surface area contributed by atoms with Gasteiger partial charge >= 0.3 is 0 Å². The van der Waals surface area contributed by atoms with E-state index in [0.29, 0.717) is 0 Å². The molecule has 0 aliphatic rings. The molecule has 0 spiro atoms. The molecule has 20 heavy (non-hydrogen) atoms. The summed E-state index contributed by atoms with van der Waals surface area (Å²) in [6.45, 7) is 4.07. The molecular weight excluding hydrogens is 280 g/mol. The van der Waals surface area contributed by atoms with E-state index in [1.807, 2.05) is 13.8 Å². The van der Waals surface area contributed by atoms with E-state index in [4.69, 9.17) is 22.1 Å². The van der Waals surface area contributed by atoms with Crippen molar-refractivity contribution < 1.29 is 4.74 Å². The minimum atomic E-state index is -0.384. The number of nitrogen functional groups attached to an aromatic ring is 1. The number of nitrogens with zero attached hydrogens (tertiary/aromatic N) is 3. The second-order valence-electron chi connectivity index (χ2n) is 4.43. The highest BCUT2D eigenvalue weighted by molar-refractivity contribution is 6.31. The van der Waals surface area contributed by atoms with Gasteiger partial charge in [-0.05, 0) is 13.8 Å². The Bertz CT molecular complexity index is 712. The largest absolute Gasteiger partial charge is 0.496 e. The molecule has 2 heterocycles. The van der Waals surface area contributed by atoms with Gasteiger partial charge in [0.2, 0.25) is 0 Å². The summed E-state index contributed by atoms with van der Waals surface area (Å²) in [5.74, 6) is 0.762. The van der Waals surface area contributed by atoms with Gasteiger partial charge in [-0.15, -0.1) is 0 Å². The normalized spacial score (nSPS) is 10.6. The van der Waals surface area contributed by atoms with Crippen LogP contribution in [-0.2, 0) is 6.54 Å². The van der Waals surface area contributed by atoms with Crippen LogP contribution in [-0.4, -0.2) is 21.6 Å². The van der Waals surface area contributed by atoms with Gasteiger partial charge in [-0.25, -0.2) is 4.98 Å². The third-order valence-electron chi connectivity index (χ3n) is 3.09. The SMILES string of the molecule is COc1c(C)cnc(Cn2cnc(Cl)c(N)c2=O)c1C. The second kappa shape index (κ2) is 5.50. The van der Waals surface area contributed by atoms with Crippen LogP contribution < -0.4 is 16.0 Å². The number of ether oxygens (including phenoxy) is 1. The Morgan fingerprint density at radius 2 is 2.10 bits per heavy atom. The Morgan fingerprint density at radius 3 is 2.75 bits per heavy atom. The van der Waals surface area contributed by atoms with Crippen molar-refractivity contribution in [2.45, 2.75) is 20.4 Å². The number of aromatic nitrogens is 3. The molecule has 0 saturated heterocycles. The number of hydrogen-bond donors (Lipinski definition) is 1. The topological polar surface area (TPSA) is 83.0 Å². The van der Waals surface area contributed by atoms with E-state index in [-0.39, 0.29) is 22.9 Å². The number of anilines is 1. The number of methoxy groups -OCH3 is 1. The van der Waals surface area contributed by atoms with Crippen LogP contribution in [0.3, 0.4) is 0 Å². The van der Waals surface area contributed by atoms with Crippen LogP contribution >= 0.6 is 11.6 Å². The molecule has 2 rings (SSSR count). The number of halogens is 1. The lowest BCUT2D eigenvalue weighted by Gasteiger charge is -2.13. The molecule has 106 valence electrons. The summed E-state index contributed by atoms with van der Waals surface area (Å²) in [5.41, 5.74) is 7.68. The van der Waals surface area contributed by atoms with E-state index in [2.05, 4.69) is 9.97 Å². The summed E-state index contributed by atoms with van der Waals surface area (Å²) >= 11 is 5.70. The van der Waals surface area contributed by atoms with E-state index in [0.717, 1.165) is 22.6 Å². The average molecular weight is 295 g/mol. The highest BCUT2D eigenvalue weighted by Gasteiger charge is 2.12. The molecule has 2 N–H and O–H groups in total. The Morgan fingerprint density at radius 1 is 1.40 bits per heavy atom. The standard InChI is InChI=1S/C13H15ClN4O2/c1-7-4-16-9(8(2)11(7)20-3)5-18-6-17-12(14)10(15)13(18)19/h4,6H,5,15H2,1-3H3. The molecule has 0 amide bonds. The first-order valence-electron chi connectivity index (χ1n) is 5.95. The van der Waals surface area contributed by atoms with Crippen molar-refractivity contribution in [3.63, 3.8) is 0 Å². The minimum absolute atomic E-state index is 0.0115. The summed E-state index contributed by atoms with van der Waals surface area (Å²) < 4.78 is 6.70. The van der Waals surface area contributed by atoms with Crippen LogP contribution in [0.2, 0.25) is 5.15 Å². The van der Waals surface area contributed by atoms with Crippen LogP contribution in [0.5, 0.6) is 5.75 Å². The summed E-state index contributed by atoms with van der Waals surface area (Å²) in [6.07, 6.45) is 3.06. The highest BCUT2D eigenvalue weighted by Crippen LogP contribution is 2.24. The van der Waals surface area contributed by atoms with Crippen molar-refractivity contribution in [1.82, 2.24) is 14.5 Å². The predicted molar refractivity (Wildman–Crippen MR) is 77.3 cm³/mol. The lowest BCUT2D eigenvalue weighted by atomic mass is 10.1. The molecule has 7 heteroatoms. The molecular formula is C13H15ClN4O2. The first-order chi connectivity index (χ1) is 9.45. The molecule has 0 fully saturated rings. The van der Waals surface area contributed by atoms with Gasteiger partial charge in [-0.2, -0.15) is 0 Å². The molecule has 2 aromatic rings. The van der Waals surface area contributed by atoms with Crippen molar-refractivity contribution in [2.24, 2.45) is 0 Å². The predicted octanol–water partition coefficient (Wildman–Crippen LogP) is 1.55. The van der Waals surface area contributed by atoms with Gasteiger partial charge in [-0.1, -0.05) is 11.6 Å². The van der Waals surface area contributed by atoms with Crippen molar-refractivity contribution in [1.29, 1.82) is 0 Å². The fourth-order valence-electron chi connectivity index (χ4n) is 1.99. The fourth-order valence-corrected chi connectivity index (χ4v) is 2.11. The third kappa shape index (κ3) is 2.46. The summed E-state index contributed by atoms with van der Waals surface area (Å²) in [5, 5.41) is 0.0115. The maximum absolute atomic E-state index is 12.0. The zero-order valence-electron chi connectivity index (χ0n) is 11.5. The average Bonchev–Trinajstić information content (AvgIpc) is 2.43. The Kier molecular flexibility index (Phi) is 3.94. The Balaban J connectivity index is 2.46. The van der Waals surface area contributed by atoms with E-state index < -0.39 is 0 Å². The molecule has 0 saturated carbocycles. The van der Waals surface area contributed by atoms with Gasteiger partial charge < -0.3 is 10.5 Å².